The predicted octanol–water partition coefficient (Wildman–Crippen LogP) is 2.89. The molecule has 3 rings (SSSR count). The highest BCUT2D eigenvalue weighted by Crippen LogP contribution is 2.53. The number of hydrogen-bond donors (Lipinski definition) is 0. The van der Waals surface area contributed by atoms with Crippen molar-refractivity contribution in [2.24, 2.45) is 0 Å². The molecule has 0 N–H and O–H groups in total. The van der Waals surface area contributed by atoms with E-state index in [0.29, 0.717) is 15.8 Å². The largest absolute Gasteiger partial charge is 0.289 e. The fraction of sp³-hybridized carbons (Fsp3) is 0.0909. The first-order valence-corrected chi connectivity index (χ1v) is 8.12. The van der Waals surface area contributed by atoms with Gasteiger partial charge in [0.25, 0.3) is 5.91 Å². The Morgan fingerprint density at radius 3 is 2.47 bits per heavy atom. The predicted molar refractivity (Wildman–Crippen MR) is 82.9 cm³/mol. The molecule has 0 saturated carbocycles. The molecule has 0 unspecified atom stereocenters. The fourth-order valence-corrected chi connectivity index (χ4v) is 5.29. The molecule has 8 heteroatoms. The minimum atomic E-state index is -0.0577. The molecule has 0 radical (unpaired) electrons. The molecule has 2 aliphatic heterocycles. The van der Waals surface area contributed by atoms with E-state index in [2.05, 4.69) is 16.5 Å². The zero-order chi connectivity index (χ0) is 13.4. The van der Waals surface area contributed by atoms with E-state index in [0.717, 1.165) is 14.3 Å². The van der Waals surface area contributed by atoms with Crippen molar-refractivity contribution < 1.29 is 4.79 Å². The average molecular weight is 325 g/mol. The summed E-state index contributed by atoms with van der Waals surface area (Å²) in [5, 5.41) is 1.69. The molecule has 3 heterocycles. The Morgan fingerprint density at radius 1 is 1.26 bits per heavy atom. The minimum absolute atomic E-state index is 0.0577. The van der Waals surface area contributed by atoms with E-state index in [9.17, 15) is 4.79 Å². The summed E-state index contributed by atoms with van der Waals surface area (Å²) in [7, 11) is 0. The highest BCUT2D eigenvalue weighted by atomic mass is 32.2. The third kappa shape index (κ3) is 2.33. The van der Waals surface area contributed by atoms with Crippen LogP contribution in [-0.4, -0.2) is 31.6 Å². The lowest BCUT2D eigenvalue weighted by molar-refractivity contribution is -0.121. The summed E-state index contributed by atoms with van der Waals surface area (Å²) in [6.45, 7) is 4.08. The van der Waals surface area contributed by atoms with Crippen LogP contribution in [0.15, 0.2) is 44.2 Å². The highest BCUT2D eigenvalue weighted by Gasteiger charge is 2.36. The molecule has 96 valence electrons. The molecule has 0 atom stereocenters. The Kier molecular flexibility index (Phi) is 3.66. The highest BCUT2D eigenvalue weighted by molar-refractivity contribution is 8.30. The van der Waals surface area contributed by atoms with Crippen LogP contribution in [0.3, 0.4) is 0 Å². The Balaban J connectivity index is 1.92. The second-order valence-electron chi connectivity index (χ2n) is 3.56. The summed E-state index contributed by atoms with van der Waals surface area (Å²) < 4.78 is 1.48. The van der Waals surface area contributed by atoms with Crippen LogP contribution >= 0.6 is 47.5 Å². The molecule has 1 aromatic heterocycles. The molecule has 0 spiro atoms. The van der Waals surface area contributed by atoms with Crippen molar-refractivity contribution >= 4 is 57.7 Å². The number of fused-ring (bicyclic) bond motifs is 1. The van der Waals surface area contributed by atoms with Crippen molar-refractivity contribution in [3.8, 4) is 0 Å². The molecule has 1 saturated heterocycles. The second-order valence-corrected chi connectivity index (χ2v) is 7.46. The van der Waals surface area contributed by atoms with Gasteiger partial charge in [-0.05, 0) is 0 Å². The summed E-state index contributed by atoms with van der Waals surface area (Å²) in [5.41, 5.74) is 0. The first-order chi connectivity index (χ1) is 9.20. The SMILES string of the molecule is C=CCN1C(=O)C(=C2Sc3nccnc3S2)SC1=S. The normalized spacial score (nSPS) is 18.2. The van der Waals surface area contributed by atoms with E-state index in [1.54, 1.807) is 23.4 Å². The number of amides is 1. The van der Waals surface area contributed by atoms with Crippen LogP contribution in [0, 0.1) is 0 Å². The Morgan fingerprint density at radius 2 is 1.89 bits per heavy atom. The molecule has 2 aliphatic rings. The molecule has 19 heavy (non-hydrogen) atoms. The third-order valence-electron chi connectivity index (χ3n) is 2.36. The zero-order valence-corrected chi connectivity index (χ0v) is 12.8. The smallest absolute Gasteiger partial charge is 0.268 e. The lowest BCUT2D eigenvalue weighted by Crippen LogP contribution is -2.27. The van der Waals surface area contributed by atoms with Crippen LogP contribution in [0.1, 0.15) is 0 Å². The number of thioether (sulfide) groups is 3. The van der Waals surface area contributed by atoms with Gasteiger partial charge in [-0.25, -0.2) is 9.97 Å². The van der Waals surface area contributed by atoms with Gasteiger partial charge in [-0.2, -0.15) is 0 Å². The van der Waals surface area contributed by atoms with Gasteiger partial charge in [0.15, 0.2) is 0 Å². The number of carbonyl (C=O) groups is 1. The first-order valence-electron chi connectivity index (χ1n) is 5.26. The molecular weight excluding hydrogens is 318 g/mol. The van der Waals surface area contributed by atoms with E-state index < -0.39 is 0 Å². The van der Waals surface area contributed by atoms with Gasteiger partial charge in [0, 0.05) is 18.9 Å². The molecule has 1 fully saturated rings. The maximum atomic E-state index is 12.3. The lowest BCUT2D eigenvalue weighted by Gasteiger charge is -2.10. The number of aromatic nitrogens is 2. The number of carbonyl (C=O) groups excluding carboxylic acids is 1. The Bertz CT molecular complexity index is 601. The van der Waals surface area contributed by atoms with Crippen LogP contribution in [0.2, 0.25) is 0 Å². The van der Waals surface area contributed by atoms with Crippen molar-refractivity contribution in [3.63, 3.8) is 0 Å². The van der Waals surface area contributed by atoms with Crippen LogP contribution in [-0.2, 0) is 4.79 Å². The van der Waals surface area contributed by atoms with Gasteiger partial charge < -0.3 is 0 Å². The lowest BCUT2D eigenvalue weighted by atomic mass is 10.5. The van der Waals surface area contributed by atoms with Crippen LogP contribution in [0.25, 0.3) is 0 Å². The average Bonchev–Trinajstić information content (AvgIpc) is 2.94. The number of hydrogen-bond acceptors (Lipinski definition) is 7. The molecule has 0 aliphatic carbocycles. The van der Waals surface area contributed by atoms with Gasteiger partial charge in [-0.1, -0.05) is 53.6 Å². The van der Waals surface area contributed by atoms with E-state index in [4.69, 9.17) is 12.2 Å². The number of nitrogens with zero attached hydrogens (tertiary/aromatic N) is 3. The molecule has 1 aromatic rings. The fourth-order valence-electron chi connectivity index (χ4n) is 1.55. The maximum absolute atomic E-state index is 12.3. The topological polar surface area (TPSA) is 46.1 Å². The standard InChI is InChI=1S/C11H7N3OS4/c1-2-5-14-9(15)6(17-11(14)16)10-18-7-8(19-10)13-4-3-12-7/h2-4H,1,5H2. The van der Waals surface area contributed by atoms with Gasteiger partial charge in [0.1, 0.15) is 19.3 Å². The van der Waals surface area contributed by atoms with Crippen LogP contribution in [0.5, 0.6) is 0 Å². The van der Waals surface area contributed by atoms with E-state index in [1.165, 1.54) is 35.3 Å². The first kappa shape index (κ1) is 13.2. The van der Waals surface area contributed by atoms with E-state index in [1.807, 2.05) is 0 Å². The summed E-state index contributed by atoms with van der Waals surface area (Å²) in [6.07, 6.45) is 4.97. The summed E-state index contributed by atoms with van der Waals surface area (Å²) >= 11 is 9.50. The van der Waals surface area contributed by atoms with E-state index >= 15 is 0 Å². The molecule has 4 nitrogen and oxygen atoms in total. The summed E-state index contributed by atoms with van der Waals surface area (Å²) in [4.78, 5) is 23.0. The van der Waals surface area contributed by atoms with Crippen molar-refractivity contribution in [2.45, 2.75) is 10.1 Å². The van der Waals surface area contributed by atoms with Gasteiger partial charge in [-0.3, -0.25) is 9.69 Å². The Labute approximate surface area is 128 Å². The molecule has 1 amide bonds. The summed E-state index contributed by atoms with van der Waals surface area (Å²) in [5.74, 6) is -0.0577. The van der Waals surface area contributed by atoms with Crippen LogP contribution in [0.4, 0.5) is 0 Å². The van der Waals surface area contributed by atoms with Crippen molar-refractivity contribution in [2.75, 3.05) is 6.54 Å². The maximum Gasteiger partial charge on any atom is 0.268 e. The number of thiocarbonyl (C=S) groups is 1. The molecule has 0 bridgehead atoms. The van der Waals surface area contributed by atoms with Gasteiger partial charge in [-0.15, -0.1) is 6.58 Å². The molecule has 0 aromatic carbocycles. The molecular formula is C11H7N3OS4. The van der Waals surface area contributed by atoms with Crippen molar-refractivity contribution in [1.82, 2.24) is 14.9 Å². The van der Waals surface area contributed by atoms with Gasteiger partial charge >= 0.3 is 0 Å². The van der Waals surface area contributed by atoms with Crippen LogP contribution < -0.4 is 0 Å². The third-order valence-corrected chi connectivity index (χ3v) is 6.46. The Hall–Kier alpha value is -0.830. The van der Waals surface area contributed by atoms with Gasteiger partial charge in [0.05, 0.1) is 4.24 Å². The zero-order valence-electron chi connectivity index (χ0n) is 9.53. The summed E-state index contributed by atoms with van der Waals surface area (Å²) in [6, 6.07) is 0. The van der Waals surface area contributed by atoms with E-state index in [-0.39, 0.29) is 5.91 Å². The minimum Gasteiger partial charge on any atom is -0.289 e. The second kappa shape index (κ2) is 5.28. The van der Waals surface area contributed by atoms with Crippen molar-refractivity contribution in [3.05, 3.63) is 34.2 Å². The van der Waals surface area contributed by atoms with Gasteiger partial charge in [0.2, 0.25) is 0 Å². The number of rotatable bonds is 2. The monoisotopic (exact) mass is 325 g/mol. The quantitative estimate of drug-likeness (QED) is 0.470. The van der Waals surface area contributed by atoms with Crippen molar-refractivity contribution in [1.29, 1.82) is 0 Å².